The van der Waals surface area contributed by atoms with E-state index >= 15 is 0 Å². The number of carbonyl (C=O) groups excluding carboxylic acids is 1. The quantitative estimate of drug-likeness (QED) is 0.764. The smallest absolute Gasteiger partial charge is 0.288 e. The standard InChI is InChI=1S/C23H27ClN4O2/c1-15(29)27-22-8-17-7-18(9-22)11-23(10-17,14-22)28-21(30)20(24)19(13-26-28)25-12-16-5-3-2-4-6-16/h2-6,13,17-18,25H,7-12,14H2,1H3,(H,27,29)/t17-,18+,22?,23?. The number of benzene rings is 1. The fourth-order valence-corrected chi connectivity index (χ4v) is 6.86. The van der Waals surface area contributed by atoms with Gasteiger partial charge in [-0.15, -0.1) is 0 Å². The first-order chi connectivity index (χ1) is 14.4. The Balaban J connectivity index is 1.45. The van der Waals surface area contributed by atoms with Gasteiger partial charge in [0.2, 0.25) is 5.91 Å². The van der Waals surface area contributed by atoms with E-state index in [1.165, 1.54) is 6.42 Å². The van der Waals surface area contributed by atoms with Gasteiger partial charge in [0, 0.05) is 19.0 Å². The fourth-order valence-electron chi connectivity index (χ4n) is 6.67. The number of aromatic nitrogens is 2. The Morgan fingerprint density at radius 3 is 2.57 bits per heavy atom. The van der Waals surface area contributed by atoms with E-state index in [9.17, 15) is 9.59 Å². The van der Waals surface area contributed by atoms with E-state index in [0.717, 1.165) is 37.7 Å². The summed E-state index contributed by atoms with van der Waals surface area (Å²) in [4.78, 5) is 25.2. The summed E-state index contributed by atoms with van der Waals surface area (Å²) < 4.78 is 1.64. The molecule has 2 N–H and O–H groups in total. The molecule has 158 valence electrons. The summed E-state index contributed by atoms with van der Waals surface area (Å²) in [6.07, 6.45) is 7.50. The third-order valence-electron chi connectivity index (χ3n) is 7.17. The highest BCUT2D eigenvalue weighted by Gasteiger charge is 2.59. The molecule has 0 aliphatic heterocycles. The predicted octanol–water partition coefficient (Wildman–Crippen LogP) is 3.69. The normalized spacial score (nSPS) is 31.5. The summed E-state index contributed by atoms with van der Waals surface area (Å²) in [5, 5.41) is 11.3. The van der Waals surface area contributed by atoms with Crippen molar-refractivity contribution in [1.29, 1.82) is 0 Å². The molecular formula is C23H27ClN4O2. The number of halogens is 1. The lowest BCUT2D eigenvalue weighted by Crippen LogP contribution is -2.67. The highest BCUT2D eigenvalue weighted by atomic mass is 35.5. The third kappa shape index (κ3) is 3.31. The van der Waals surface area contributed by atoms with E-state index in [1.807, 2.05) is 30.3 Å². The molecule has 30 heavy (non-hydrogen) atoms. The summed E-state index contributed by atoms with van der Waals surface area (Å²) in [7, 11) is 0. The Labute approximate surface area is 181 Å². The number of rotatable bonds is 5. The molecule has 4 fully saturated rings. The van der Waals surface area contributed by atoms with Gasteiger partial charge in [0.1, 0.15) is 5.02 Å². The lowest BCUT2D eigenvalue weighted by Gasteiger charge is -2.61. The minimum absolute atomic E-state index is 0.00546. The summed E-state index contributed by atoms with van der Waals surface area (Å²) in [5.41, 5.74) is 0.854. The minimum Gasteiger partial charge on any atom is -0.378 e. The Morgan fingerprint density at radius 2 is 1.90 bits per heavy atom. The highest BCUT2D eigenvalue weighted by molar-refractivity contribution is 6.32. The molecule has 4 aliphatic carbocycles. The van der Waals surface area contributed by atoms with Crippen LogP contribution in [0.25, 0.3) is 0 Å². The first-order valence-corrected chi connectivity index (χ1v) is 11.1. The SMILES string of the molecule is CC(=O)NC12C[C@H]3C[C@@H](C1)CC(n1ncc(NCc4ccccc4)c(Cl)c1=O)(C3)C2. The van der Waals surface area contributed by atoms with E-state index in [4.69, 9.17) is 11.6 Å². The van der Waals surface area contributed by atoms with Gasteiger partial charge in [-0.3, -0.25) is 9.59 Å². The molecule has 1 amide bonds. The molecule has 2 aromatic rings. The van der Waals surface area contributed by atoms with Crippen molar-refractivity contribution < 1.29 is 4.79 Å². The van der Waals surface area contributed by atoms with Crippen LogP contribution in [0.3, 0.4) is 0 Å². The van der Waals surface area contributed by atoms with Gasteiger partial charge in [-0.05, 0) is 55.9 Å². The number of nitrogens with zero attached hydrogens (tertiary/aromatic N) is 2. The number of nitrogens with one attached hydrogen (secondary N) is 2. The second-order valence-corrected chi connectivity index (χ2v) is 9.95. The van der Waals surface area contributed by atoms with Crippen LogP contribution in [0.2, 0.25) is 5.02 Å². The van der Waals surface area contributed by atoms with E-state index < -0.39 is 0 Å². The second-order valence-electron chi connectivity index (χ2n) is 9.58. The van der Waals surface area contributed by atoms with Crippen LogP contribution in [0.4, 0.5) is 5.69 Å². The van der Waals surface area contributed by atoms with Crippen LogP contribution in [0.15, 0.2) is 41.3 Å². The van der Waals surface area contributed by atoms with Crippen molar-refractivity contribution in [2.45, 2.75) is 63.1 Å². The summed E-state index contributed by atoms with van der Waals surface area (Å²) >= 11 is 6.52. The molecule has 0 radical (unpaired) electrons. The molecule has 7 heteroatoms. The maximum atomic E-state index is 13.3. The first-order valence-electron chi connectivity index (χ1n) is 10.7. The average Bonchev–Trinajstić information content (AvgIpc) is 2.67. The molecule has 4 saturated carbocycles. The molecular weight excluding hydrogens is 400 g/mol. The fraction of sp³-hybridized carbons (Fsp3) is 0.522. The molecule has 1 aromatic heterocycles. The Kier molecular flexibility index (Phi) is 4.65. The maximum absolute atomic E-state index is 13.3. The van der Waals surface area contributed by atoms with Gasteiger partial charge in [0.05, 0.1) is 17.4 Å². The molecule has 4 aliphatic rings. The molecule has 6 rings (SSSR count). The summed E-state index contributed by atoms with van der Waals surface area (Å²) in [5.74, 6) is 1.04. The topological polar surface area (TPSA) is 76.0 Å². The van der Waals surface area contributed by atoms with Crippen LogP contribution >= 0.6 is 11.6 Å². The highest BCUT2D eigenvalue weighted by Crippen LogP contribution is 2.60. The van der Waals surface area contributed by atoms with E-state index in [2.05, 4.69) is 15.7 Å². The molecule has 4 atom stereocenters. The molecule has 1 heterocycles. The molecule has 0 saturated heterocycles. The second kappa shape index (κ2) is 7.12. The van der Waals surface area contributed by atoms with Crippen molar-refractivity contribution >= 4 is 23.2 Å². The molecule has 0 spiro atoms. The van der Waals surface area contributed by atoms with Gasteiger partial charge < -0.3 is 10.6 Å². The Hall–Kier alpha value is -2.34. The molecule has 6 nitrogen and oxygen atoms in total. The Morgan fingerprint density at radius 1 is 1.20 bits per heavy atom. The monoisotopic (exact) mass is 426 g/mol. The zero-order chi connectivity index (χ0) is 20.9. The van der Waals surface area contributed by atoms with E-state index in [-0.39, 0.29) is 27.6 Å². The number of anilines is 1. The van der Waals surface area contributed by atoms with Gasteiger partial charge in [0.25, 0.3) is 5.56 Å². The van der Waals surface area contributed by atoms with Crippen molar-refractivity contribution in [3.05, 3.63) is 57.5 Å². The van der Waals surface area contributed by atoms with Crippen molar-refractivity contribution in [3.8, 4) is 0 Å². The van der Waals surface area contributed by atoms with Crippen LogP contribution in [0, 0.1) is 11.8 Å². The summed E-state index contributed by atoms with van der Waals surface area (Å²) in [6, 6.07) is 9.97. The molecule has 4 bridgehead atoms. The van der Waals surface area contributed by atoms with Crippen LogP contribution in [-0.2, 0) is 16.9 Å². The Bertz CT molecular complexity index is 1020. The van der Waals surface area contributed by atoms with Gasteiger partial charge in [-0.1, -0.05) is 41.9 Å². The number of amides is 1. The first kappa shape index (κ1) is 19.6. The average molecular weight is 427 g/mol. The maximum Gasteiger partial charge on any atom is 0.288 e. The van der Waals surface area contributed by atoms with Crippen molar-refractivity contribution in [2.75, 3.05) is 5.32 Å². The van der Waals surface area contributed by atoms with Gasteiger partial charge >= 0.3 is 0 Å². The lowest BCUT2D eigenvalue weighted by molar-refractivity contribution is -0.128. The predicted molar refractivity (Wildman–Crippen MR) is 116 cm³/mol. The van der Waals surface area contributed by atoms with Gasteiger partial charge in [0.15, 0.2) is 0 Å². The van der Waals surface area contributed by atoms with Crippen molar-refractivity contribution in [1.82, 2.24) is 15.1 Å². The van der Waals surface area contributed by atoms with Crippen molar-refractivity contribution in [3.63, 3.8) is 0 Å². The number of hydrogen-bond donors (Lipinski definition) is 2. The summed E-state index contributed by atoms with van der Waals surface area (Å²) in [6.45, 7) is 2.16. The van der Waals surface area contributed by atoms with Gasteiger partial charge in [-0.25, -0.2) is 4.68 Å². The zero-order valence-corrected chi connectivity index (χ0v) is 17.9. The van der Waals surface area contributed by atoms with Crippen LogP contribution in [-0.4, -0.2) is 21.2 Å². The number of hydrogen-bond acceptors (Lipinski definition) is 4. The number of carbonyl (C=O) groups is 1. The van der Waals surface area contributed by atoms with Crippen molar-refractivity contribution in [2.24, 2.45) is 11.8 Å². The zero-order valence-electron chi connectivity index (χ0n) is 17.2. The van der Waals surface area contributed by atoms with Gasteiger partial charge in [-0.2, -0.15) is 5.10 Å². The minimum atomic E-state index is -0.356. The lowest BCUT2D eigenvalue weighted by atomic mass is 9.50. The molecule has 2 unspecified atom stereocenters. The largest absolute Gasteiger partial charge is 0.378 e. The van der Waals surface area contributed by atoms with E-state index in [1.54, 1.807) is 17.8 Å². The van der Waals surface area contributed by atoms with E-state index in [0.29, 0.717) is 24.1 Å². The molecule has 1 aromatic carbocycles. The van der Waals surface area contributed by atoms with Crippen LogP contribution in [0.5, 0.6) is 0 Å². The van der Waals surface area contributed by atoms with Crippen LogP contribution in [0.1, 0.15) is 51.0 Å². The van der Waals surface area contributed by atoms with Crippen LogP contribution < -0.4 is 16.2 Å². The third-order valence-corrected chi connectivity index (χ3v) is 7.53.